The van der Waals surface area contributed by atoms with Crippen molar-refractivity contribution >= 4 is 10.9 Å². The lowest BCUT2D eigenvalue weighted by molar-refractivity contribution is 0.965. The van der Waals surface area contributed by atoms with Crippen molar-refractivity contribution in [3.05, 3.63) is 42.7 Å². The molecule has 3 rings (SSSR count). The largest absolute Gasteiger partial charge is 0.343 e. The van der Waals surface area contributed by atoms with Gasteiger partial charge in [0, 0.05) is 30.3 Å². The van der Waals surface area contributed by atoms with Gasteiger partial charge in [0.15, 0.2) is 5.82 Å². The Morgan fingerprint density at radius 1 is 1.27 bits per heavy atom. The predicted molar refractivity (Wildman–Crippen MR) is 60.5 cm³/mol. The van der Waals surface area contributed by atoms with Crippen LogP contribution in [0.5, 0.6) is 0 Å². The van der Waals surface area contributed by atoms with Crippen LogP contribution in [0.1, 0.15) is 0 Å². The number of H-pyrrole nitrogens is 1. The fourth-order valence-electron chi connectivity index (χ4n) is 1.92. The van der Waals surface area contributed by atoms with E-state index in [-0.39, 0.29) is 0 Å². The van der Waals surface area contributed by atoms with Gasteiger partial charge in [-0.25, -0.2) is 4.98 Å². The van der Waals surface area contributed by atoms with E-state index in [9.17, 15) is 0 Å². The number of benzene rings is 1. The lowest BCUT2D eigenvalue weighted by Gasteiger charge is -2.00. The van der Waals surface area contributed by atoms with Crippen molar-refractivity contribution in [2.75, 3.05) is 0 Å². The van der Waals surface area contributed by atoms with Crippen LogP contribution in [0.2, 0.25) is 0 Å². The van der Waals surface area contributed by atoms with Gasteiger partial charge in [-0.3, -0.25) is 0 Å². The number of hydrogen-bond acceptors (Lipinski definition) is 1. The van der Waals surface area contributed by atoms with Crippen LogP contribution in [0.3, 0.4) is 0 Å². The molecule has 0 bridgehead atoms. The molecule has 0 saturated carbocycles. The van der Waals surface area contributed by atoms with Crippen LogP contribution < -0.4 is 0 Å². The Kier molecular flexibility index (Phi) is 1.65. The third kappa shape index (κ3) is 1.16. The number of aryl methyl sites for hydroxylation is 1. The standard InChI is InChI=1S/C12H11N3/c1-15-10-5-3-2-4-9(10)8-11(15)12-13-6-7-14-12/h2-8H,1H3,(H,13,14). The summed E-state index contributed by atoms with van der Waals surface area (Å²) in [5, 5.41) is 1.24. The second-order valence-corrected chi connectivity index (χ2v) is 3.59. The normalized spacial score (nSPS) is 11.0. The smallest absolute Gasteiger partial charge is 0.154 e. The molecule has 2 heterocycles. The van der Waals surface area contributed by atoms with Crippen molar-refractivity contribution in [2.24, 2.45) is 7.05 Å². The first kappa shape index (κ1) is 8.29. The van der Waals surface area contributed by atoms with Gasteiger partial charge in [-0.15, -0.1) is 0 Å². The van der Waals surface area contributed by atoms with Crippen LogP contribution in [0.4, 0.5) is 0 Å². The van der Waals surface area contributed by atoms with Gasteiger partial charge >= 0.3 is 0 Å². The van der Waals surface area contributed by atoms with Gasteiger partial charge in [-0.1, -0.05) is 18.2 Å². The molecule has 0 aliphatic rings. The third-order valence-corrected chi connectivity index (χ3v) is 2.69. The van der Waals surface area contributed by atoms with E-state index in [1.807, 2.05) is 18.3 Å². The maximum Gasteiger partial charge on any atom is 0.154 e. The molecule has 0 radical (unpaired) electrons. The zero-order valence-corrected chi connectivity index (χ0v) is 8.44. The highest BCUT2D eigenvalue weighted by molar-refractivity contribution is 5.85. The first-order valence-electron chi connectivity index (χ1n) is 4.90. The highest BCUT2D eigenvalue weighted by Gasteiger charge is 2.08. The van der Waals surface area contributed by atoms with Gasteiger partial charge in [-0.05, 0) is 12.1 Å². The maximum absolute atomic E-state index is 4.27. The zero-order valence-electron chi connectivity index (χ0n) is 8.44. The van der Waals surface area contributed by atoms with Crippen molar-refractivity contribution < 1.29 is 0 Å². The van der Waals surface area contributed by atoms with Gasteiger partial charge in [0.2, 0.25) is 0 Å². The maximum atomic E-state index is 4.27. The molecule has 15 heavy (non-hydrogen) atoms. The number of aromatic amines is 1. The van der Waals surface area contributed by atoms with E-state index >= 15 is 0 Å². The van der Waals surface area contributed by atoms with Crippen LogP contribution in [0.25, 0.3) is 22.4 Å². The Hall–Kier alpha value is -2.03. The van der Waals surface area contributed by atoms with Gasteiger partial charge in [-0.2, -0.15) is 0 Å². The minimum absolute atomic E-state index is 0.911. The molecule has 3 aromatic rings. The molecular formula is C12H11N3. The Labute approximate surface area is 87.4 Å². The molecule has 74 valence electrons. The van der Waals surface area contributed by atoms with E-state index < -0.39 is 0 Å². The van der Waals surface area contributed by atoms with Crippen molar-refractivity contribution in [1.29, 1.82) is 0 Å². The molecule has 0 spiro atoms. The lowest BCUT2D eigenvalue weighted by atomic mass is 10.2. The average molecular weight is 197 g/mol. The van der Waals surface area contributed by atoms with Crippen molar-refractivity contribution in [3.63, 3.8) is 0 Å². The fourth-order valence-corrected chi connectivity index (χ4v) is 1.92. The Morgan fingerprint density at radius 2 is 2.13 bits per heavy atom. The van der Waals surface area contributed by atoms with Crippen molar-refractivity contribution in [3.8, 4) is 11.5 Å². The van der Waals surface area contributed by atoms with Gasteiger partial charge < -0.3 is 9.55 Å². The number of aromatic nitrogens is 3. The van der Waals surface area contributed by atoms with E-state index in [2.05, 4.69) is 39.8 Å². The molecule has 1 aromatic carbocycles. The molecule has 1 N–H and O–H groups in total. The second kappa shape index (κ2) is 2.98. The van der Waals surface area contributed by atoms with Crippen LogP contribution in [-0.4, -0.2) is 14.5 Å². The summed E-state index contributed by atoms with van der Waals surface area (Å²) in [4.78, 5) is 7.39. The number of nitrogens with zero attached hydrogens (tertiary/aromatic N) is 2. The molecule has 0 aliphatic heterocycles. The molecule has 0 saturated heterocycles. The van der Waals surface area contributed by atoms with E-state index in [4.69, 9.17) is 0 Å². The van der Waals surface area contributed by atoms with Crippen molar-refractivity contribution in [1.82, 2.24) is 14.5 Å². The van der Waals surface area contributed by atoms with Crippen LogP contribution in [0.15, 0.2) is 42.7 Å². The Balaban J connectivity index is 2.33. The lowest BCUT2D eigenvalue weighted by Crippen LogP contribution is -1.91. The highest BCUT2D eigenvalue weighted by Crippen LogP contribution is 2.24. The van der Waals surface area contributed by atoms with Crippen LogP contribution >= 0.6 is 0 Å². The molecule has 0 aliphatic carbocycles. The molecule has 0 atom stereocenters. The first-order valence-corrected chi connectivity index (χ1v) is 4.90. The summed E-state index contributed by atoms with van der Waals surface area (Å²) in [5.41, 5.74) is 2.34. The summed E-state index contributed by atoms with van der Waals surface area (Å²) >= 11 is 0. The average Bonchev–Trinajstić information content (AvgIpc) is 2.87. The van der Waals surface area contributed by atoms with E-state index in [0.717, 1.165) is 11.5 Å². The van der Waals surface area contributed by atoms with Gasteiger partial charge in [0.25, 0.3) is 0 Å². The number of hydrogen-bond donors (Lipinski definition) is 1. The quantitative estimate of drug-likeness (QED) is 0.639. The Morgan fingerprint density at radius 3 is 2.87 bits per heavy atom. The van der Waals surface area contributed by atoms with Gasteiger partial charge in [0.1, 0.15) is 0 Å². The topological polar surface area (TPSA) is 33.6 Å². The molecular weight excluding hydrogens is 186 g/mol. The Bertz CT molecular complexity index is 590. The zero-order chi connectivity index (χ0) is 10.3. The number of imidazole rings is 1. The number of para-hydroxylation sites is 1. The molecule has 3 heteroatoms. The van der Waals surface area contributed by atoms with E-state index in [1.165, 1.54) is 10.9 Å². The minimum atomic E-state index is 0.911. The molecule has 0 fully saturated rings. The summed E-state index contributed by atoms with van der Waals surface area (Å²) < 4.78 is 2.15. The first-order chi connectivity index (χ1) is 7.36. The monoisotopic (exact) mass is 197 g/mol. The fraction of sp³-hybridized carbons (Fsp3) is 0.0833. The van der Waals surface area contributed by atoms with Crippen LogP contribution in [-0.2, 0) is 7.05 Å². The second-order valence-electron chi connectivity index (χ2n) is 3.59. The van der Waals surface area contributed by atoms with E-state index in [0.29, 0.717) is 0 Å². The number of fused-ring (bicyclic) bond motifs is 1. The van der Waals surface area contributed by atoms with Crippen molar-refractivity contribution in [2.45, 2.75) is 0 Å². The number of rotatable bonds is 1. The highest BCUT2D eigenvalue weighted by atomic mass is 15.0. The third-order valence-electron chi connectivity index (χ3n) is 2.69. The minimum Gasteiger partial charge on any atom is -0.343 e. The summed E-state index contributed by atoms with van der Waals surface area (Å²) in [6.45, 7) is 0. The summed E-state index contributed by atoms with van der Waals surface area (Å²) in [7, 11) is 2.06. The molecule has 3 nitrogen and oxygen atoms in total. The number of nitrogens with one attached hydrogen (secondary N) is 1. The van der Waals surface area contributed by atoms with Crippen LogP contribution in [0, 0.1) is 0 Å². The van der Waals surface area contributed by atoms with E-state index in [1.54, 1.807) is 6.20 Å². The SMILES string of the molecule is Cn1c(-c2ncc[nH]2)cc2ccccc21. The predicted octanol–water partition coefficient (Wildman–Crippen LogP) is 2.57. The summed E-state index contributed by atoms with van der Waals surface area (Å²) in [5.74, 6) is 0.911. The summed E-state index contributed by atoms with van der Waals surface area (Å²) in [6.07, 6.45) is 3.61. The van der Waals surface area contributed by atoms with Gasteiger partial charge in [0.05, 0.1) is 5.69 Å². The molecule has 0 unspecified atom stereocenters. The molecule has 2 aromatic heterocycles. The summed E-state index contributed by atoms with van der Waals surface area (Å²) in [6, 6.07) is 10.5. The molecule has 0 amide bonds.